The third-order valence-corrected chi connectivity index (χ3v) is 5.63. The van der Waals surface area contributed by atoms with Crippen LogP contribution in [0.3, 0.4) is 0 Å². The minimum absolute atomic E-state index is 0.0685. The van der Waals surface area contributed by atoms with Crippen LogP contribution in [0, 0.1) is 12.7 Å². The van der Waals surface area contributed by atoms with E-state index in [2.05, 4.69) is 36.1 Å². The Balaban J connectivity index is 1.46. The van der Waals surface area contributed by atoms with Crippen LogP contribution in [0.4, 0.5) is 4.39 Å². The molecule has 0 aromatic heterocycles. The maximum Gasteiger partial charge on any atom is 0.339 e. The van der Waals surface area contributed by atoms with Crippen LogP contribution in [0.15, 0.2) is 36.4 Å². The number of benzene rings is 2. The number of carbonyl (C=O) groups is 1. The molecule has 0 radical (unpaired) electrons. The van der Waals surface area contributed by atoms with E-state index in [0.29, 0.717) is 12.1 Å². The van der Waals surface area contributed by atoms with Crippen LogP contribution in [0.5, 0.6) is 5.75 Å². The van der Waals surface area contributed by atoms with Crippen LogP contribution >= 0.6 is 0 Å². The first-order chi connectivity index (χ1) is 13.5. The van der Waals surface area contributed by atoms with Crippen molar-refractivity contribution in [2.75, 3.05) is 13.1 Å². The van der Waals surface area contributed by atoms with Gasteiger partial charge in [-0.2, -0.15) is 0 Å². The SMILES string of the molecule is Cc1ccc(CN2CCC[C@@H](Oc3cc(F)c(C4CC4)cc3C(=O)O)C2)cc1. The average Bonchev–Trinajstić information content (AvgIpc) is 3.49. The molecule has 1 atom stereocenters. The molecule has 1 saturated carbocycles. The molecule has 0 bridgehead atoms. The molecule has 0 spiro atoms. The summed E-state index contributed by atoms with van der Waals surface area (Å²) >= 11 is 0. The third-order valence-electron chi connectivity index (χ3n) is 5.63. The number of aryl methyl sites for hydroxylation is 1. The van der Waals surface area contributed by atoms with Gasteiger partial charge in [0, 0.05) is 19.2 Å². The molecule has 4 nitrogen and oxygen atoms in total. The molecule has 2 aliphatic rings. The second-order valence-corrected chi connectivity index (χ2v) is 8.05. The summed E-state index contributed by atoms with van der Waals surface area (Å²) in [6.45, 7) is 4.59. The lowest BCUT2D eigenvalue weighted by atomic mass is 10.0. The van der Waals surface area contributed by atoms with Crippen molar-refractivity contribution in [3.05, 3.63) is 64.5 Å². The van der Waals surface area contributed by atoms with E-state index < -0.39 is 5.97 Å². The topological polar surface area (TPSA) is 49.8 Å². The molecule has 2 aromatic carbocycles. The number of aromatic carboxylic acids is 1. The first-order valence-electron chi connectivity index (χ1n) is 10.0. The van der Waals surface area contributed by atoms with Crippen LogP contribution in [0.1, 0.15) is 58.6 Å². The first kappa shape index (κ1) is 18.9. The van der Waals surface area contributed by atoms with E-state index in [1.165, 1.54) is 23.3 Å². The van der Waals surface area contributed by atoms with Crippen molar-refractivity contribution >= 4 is 5.97 Å². The van der Waals surface area contributed by atoms with Crippen molar-refractivity contribution in [1.82, 2.24) is 4.90 Å². The van der Waals surface area contributed by atoms with Gasteiger partial charge in [-0.3, -0.25) is 4.90 Å². The predicted molar refractivity (Wildman–Crippen MR) is 105 cm³/mol. The summed E-state index contributed by atoms with van der Waals surface area (Å²) in [7, 11) is 0. The van der Waals surface area contributed by atoms with E-state index >= 15 is 0 Å². The number of hydrogen-bond acceptors (Lipinski definition) is 3. The van der Waals surface area contributed by atoms with Gasteiger partial charge in [-0.15, -0.1) is 0 Å². The first-order valence-corrected chi connectivity index (χ1v) is 10.0. The number of halogens is 1. The molecule has 1 aliphatic heterocycles. The summed E-state index contributed by atoms with van der Waals surface area (Å²) < 4.78 is 20.5. The van der Waals surface area contributed by atoms with Gasteiger partial charge in [-0.05, 0) is 62.3 Å². The number of carboxylic acids is 1. The summed E-state index contributed by atoms with van der Waals surface area (Å²) in [4.78, 5) is 14.0. The van der Waals surface area contributed by atoms with E-state index in [9.17, 15) is 14.3 Å². The Hall–Kier alpha value is -2.40. The molecule has 0 unspecified atom stereocenters. The summed E-state index contributed by atoms with van der Waals surface area (Å²) in [5.74, 6) is -1.11. The normalized spacial score (nSPS) is 20.1. The fourth-order valence-corrected chi connectivity index (χ4v) is 3.93. The second-order valence-electron chi connectivity index (χ2n) is 8.05. The largest absolute Gasteiger partial charge is 0.488 e. The Morgan fingerprint density at radius 3 is 2.64 bits per heavy atom. The van der Waals surface area contributed by atoms with Gasteiger partial charge in [-0.1, -0.05) is 29.8 Å². The fraction of sp³-hybridized carbons (Fsp3) is 0.435. The Morgan fingerprint density at radius 1 is 1.21 bits per heavy atom. The summed E-state index contributed by atoms with van der Waals surface area (Å²) in [5.41, 5.74) is 3.06. The lowest BCUT2D eigenvalue weighted by molar-refractivity contribution is 0.0662. The monoisotopic (exact) mass is 383 g/mol. The van der Waals surface area contributed by atoms with Gasteiger partial charge in [0.1, 0.15) is 23.2 Å². The molecule has 1 N–H and O–H groups in total. The van der Waals surface area contributed by atoms with Gasteiger partial charge in [0.15, 0.2) is 0 Å². The van der Waals surface area contributed by atoms with Crippen LogP contribution < -0.4 is 4.74 Å². The van der Waals surface area contributed by atoms with Crippen LogP contribution in [-0.4, -0.2) is 35.2 Å². The quantitative estimate of drug-likeness (QED) is 0.782. The number of rotatable bonds is 6. The average molecular weight is 383 g/mol. The fourth-order valence-electron chi connectivity index (χ4n) is 3.93. The molecular weight excluding hydrogens is 357 g/mol. The predicted octanol–water partition coefficient (Wildman–Crippen LogP) is 4.75. The maximum atomic E-state index is 14.5. The van der Waals surface area contributed by atoms with Crippen molar-refractivity contribution in [2.45, 2.75) is 51.2 Å². The number of ether oxygens (including phenoxy) is 1. The highest BCUT2D eigenvalue weighted by atomic mass is 19.1. The van der Waals surface area contributed by atoms with Gasteiger partial charge in [0.25, 0.3) is 0 Å². The van der Waals surface area contributed by atoms with Gasteiger partial charge in [0.2, 0.25) is 0 Å². The molecule has 1 aliphatic carbocycles. The van der Waals surface area contributed by atoms with Crippen molar-refractivity contribution in [3.63, 3.8) is 0 Å². The van der Waals surface area contributed by atoms with Crippen molar-refractivity contribution in [1.29, 1.82) is 0 Å². The molecule has 0 amide bonds. The molecule has 4 rings (SSSR count). The summed E-state index contributed by atoms with van der Waals surface area (Å²) in [6, 6.07) is 11.2. The zero-order valence-electron chi connectivity index (χ0n) is 16.2. The van der Waals surface area contributed by atoms with Crippen molar-refractivity contribution in [3.8, 4) is 5.75 Å². The highest BCUT2D eigenvalue weighted by molar-refractivity contribution is 5.91. The number of nitrogens with zero attached hydrogens (tertiary/aromatic N) is 1. The van der Waals surface area contributed by atoms with Gasteiger partial charge in [0.05, 0.1) is 0 Å². The number of carboxylic acid groups (broad SMARTS) is 1. The Labute approximate surface area is 164 Å². The van der Waals surface area contributed by atoms with Crippen LogP contribution in [-0.2, 0) is 6.54 Å². The van der Waals surface area contributed by atoms with E-state index in [4.69, 9.17) is 4.74 Å². The molecule has 148 valence electrons. The van der Waals surface area contributed by atoms with E-state index in [1.54, 1.807) is 0 Å². The Kier molecular flexibility index (Phi) is 5.36. The van der Waals surface area contributed by atoms with Crippen LogP contribution in [0.25, 0.3) is 0 Å². The molecule has 28 heavy (non-hydrogen) atoms. The highest BCUT2D eigenvalue weighted by Crippen LogP contribution is 2.43. The molecule has 2 aromatic rings. The number of likely N-dealkylation sites (tertiary alicyclic amines) is 1. The molecule has 1 saturated heterocycles. The summed E-state index contributed by atoms with van der Waals surface area (Å²) in [5, 5.41) is 9.57. The zero-order chi connectivity index (χ0) is 19.7. The molecule has 5 heteroatoms. The zero-order valence-corrected chi connectivity index (χ0v) is 16.2. The Bertz CT molecular complexity index is 861. The standard InChI is InChI=1S/C23H26FNO3/c1-15-4-6-16(7-5-15)13-25-10-2-3-18(14-25)28-22-12-21(24)19(17-8-9-17)11-20(22)23(26)27/h4-7,11-12,17-18H,2-3,8-10,13-14H2,1H3,(H,26,27)/t18-/m1/s1. The van der Waals surface area contributed by atoms with E-state index in [-0.39, 0.29) is 29.2 Å². The lowest BCUT2D eigenvalue weighted by Crippen LogP contribution is -2.40. The molecule has 1 heterocycles. The van der Waals surface area contributed by atoms with Gasteiger partial charge in [-0.25, -0.2) is 9.18 Å². The van der Waals surface area contributed by atoms with E-state index in [0.717, 1.165) is 38.8 Å². The Morgan fingerprint density at radius 2 is 1.96 bits per heavy atom. The smallest absolute Gasteiger partial charge is 0.339 e. The van der Waals surface area contributed by atoms with Crippen molar-refractivity contribution < 1.29 is 19.0 Å². The third kappa shape index (κ3) is 4.36. The number of hydrogen-bond donors (Lipinski definition) is 1. The molecular formula is C23H26FNO3. The van der Waals surface area contributed by atoms with Gasteiger partial charge < -0.3 is 9.84 Å². The minimum atomic E-state index is -1.07. The van der Waals surface area contributed by atoms with E-state index in [1.807, 2.05) is 0 Å². The summed E-state index contributed by atoms with van der Waals surface area (Å²) in [6.07, 6.45) is 3.53. The lowest BCUT2D eigenvalue weighted by Gasteiger charge is -2.33. The van der Waals surface area contributed by atoms with Gasteiger partial charge >= 0.3 is 5.97 Å². The highest BCUT2D eigenvalue weighted by Gasteiger charge is 2.30. The minimum Gasteiger partial charge on any atom is -0.488 e. The molecule has 2 fully saturated rings. The number of piperidine rings is 1. The second kappa shape index (κ2) is 7.92. The van der Waals surface area contributed by atoms with Crippen LogP contribution in [0.2, 0.25) is 0 Å². The maximum absolute atomic E-state index is 14.5. The van der Waals surface area contributed by atoms with Crippen molar-refractivity contribution in [2.24, 2.45) is 0 Å².